The molecule has 0 aromatic heterocycles. The molecule has 0 saturated heterocycles. The summed E-state index contributed by atoms with van der Waals surface area (Å²) in [7, 11) is 0. The summed E-state index contributed by atoms with van der Waals surface area (Å²) in [4.78, 5) is 16.7. The van der Waals surface area contributed by atoms with Crippen molar-refractivity contribution in [2.45, 2.75) is 37.8 Å². The molecule has 1 aliphatic rings. The van der Waals surface area contributed by atoms with Crippen molar-refractivity contribution in [1.82, 2.24) is 0 Å². The van der Waals surface area contributed by atoms with Crippen LogP contribution in [0, 0.1) is 20.2 Å². The zero-order chi connectivity index (χ0) is 13.1. The number of nitrogens with zero attached hydrogens (tertiary/aromatic N) is 2. The molecule has 0 unspecified atom stereocenters. The van der Waals surface area contributed by atoms with Gasteiger partial charge in [0.05, 0.1) is 0 Å². The normalized spacial score (nSPS) is 22.9. The van der Waals surface area contributed by atoms with Gasteiger partial charge < -0.3 is 21.9 Å². The molecule has 0 aromatic rings. The second-order valence-electron chi connectivity index (χ2n) is 3.09. The second-order valence-corrected chi connectivity index (χ2v) is 3.09. The third kappa shape index (κ3) is 18.2. The largest absolute Gasteiger partial charge is 0.328 e. The average molecular weight is 240 g/mol. The summed E-state index contributed by atoms with van der Waals surface area (Å²) in [6, 6.07) is 0.562. The van der Waals surface area contributed by atoms with Crippen LogP contribution in [0.15, 0.2) is 0 Å². The van der Waals surface area contributed by atoms with Crippen LogP contribution in [0.3, 0.4) is 0 Å². The Labute approximate surface area is 91.1 Å². The maximum atomic E-state index is 8.36. The average Bonchev–Trinajstić information content (AvgIpc) is 2.08. The maximum Gasteiger partial charge on any atom is 0.291 e. The van der Waals surface area contributed by atoms with Gasteiger partial charge in [0, 0.05) is 12.1 Å². The fourth-order valence-corrected chi connectivity index (χ4v) is 1.19. The van der Waals surface area contributed by atoms with Gasteiger partial charge in [0.1, 0.15) is 0 Å². The van der Waals surface area contributed by atoms with Crippen LogP contribution in [0.2, 0.25) is 0 Å². The van der Waals surface area contributed by atoms with E-state index in [0.29, 0.717) is 0 Å². The van der Waals surface area contributed by atoms with E-state index in [-0.39, 0.29) is 12.1 Å². The van der Waals surface area contributed by atoms with Crippen LogP contribution in [0.1, 0.15) is 25.7 Å². The van der Waals surface area contributed by atoms with Crippen molar-refractivity contribution in [3.8, 4) is 0 Å². The van der Waals surface area contributed by atoms with E-state index in [0.717, 1.165) is 12.8 Å². The van der Waals surface area contributed by atoms with E-state index in [1.165, 1.54) is 12.8 Å². The smallest absolute Gasteiger partial charge is 0.291 e. The molecule has 1 fully saturated rings. The predicted octanol–water partition coefficient (Wildman–Crippen LogP) is -0.480. The van der Waals surface area contributed by atoms with E-state index in [1.807, 2.05) is 0 Å². The Hall–Kier alpha value is -1.68. The molecule has 0 heterocycles. The SMILES string of the molecule is N[C@@H]1CCCC[C@H]1N.O=[N+]([O-])O.O=[N+]([O-])O. The summed E-state index contributed by atoms with van der Waals surface area (Å²) in [6.07, 6.45) is 4.80. The second kappa shape index (κ2) is 9.86. The van der Waals surface area contributed by atoms with Crippen molar-refractivity contribution in [1.29, 1.82) is 0 Å². The lowest BCUT2D eigenvalue weighted by Gasteiger charge is -2.24. The summed E-state index contributed by atoms with van der Waals surface area (Å²) in [5.74, 6) is 0. The Morgan fingerprint density at radius 1 is 0.938 bits per heavy atom. The fraction of sp³-hybridized carbons (Fsp3) is 1.00. The molecule has 0 aliphatic heterocycles. The minimum atomic E-state index is -1.50. The van der Waals surface area contributed by atoms with Crippen LogP contribution < -0.4 is 11.5 Å². The summed E-state index contributed by atoms with van der Waals surface area (Å²) in [5.41, 5.74) is 11.3. The Morgan fingerprint density at radius 3 is 1.25 bits per heavy atom. The van der Waals surface area contributed by atoms with Gasteiger partial charge in [-0.1, -0.05) is 12.8 Å². The highest BCUT2D eigenvalue weighted by molar-refractivity contribution is 4.79. The van der Waals surface area contributed by atoms with Gasteiger partial charge in [0.15, 0.2) is 0 Å². The first-order valence-corrected chi connectivity index (χ1v) is 4.45. The van der Waals surface area contributed by atoms with E-state index in [9.17, 15) is 0 Å². The molecule has 0 spiro atoms. The van der Waals surface area contributed by atoms with Crippen molar-refractivity contribution in [3.05, 3.63) is 20.2 Å². The van der Waals surface area contributed by atoms with Gasteiger partial charge in [-0.05, 0) is 12.8 Å². The predicted molar refractivity (Wildman–Crippen MR) is 52.0 cm³/mol. The van der Waals surface area contributed by atoms with Gasteiger partial charge in [-0.2, -0.15) is 0 Å². The van der Waals surface area contributed by atoms with Crippen molar-refractivity contribution in [2.75, 3.05) is 0 Å². The minimum absolute atomic E-state index is 0.281. The fourth-order valence-electron chi connectivity index (χ4n) is 1.19. The van der Waals surface area contributed by atoms with Crippen molar-refractivity contribution < 1.29 is 20.6 Å². The zero-order valence-corrected chi connectivity index (χ0v) is 8.56. The van der Waals surface area contributed by atoms with Crippen LogP contribution >= 0.6 is 0 Å². The lowest BCUT2D eigenvalue weighted by molar-refractivity contribution is -0.742. The molecule has 1 rings (SSSR count). The third-order valence-corrected chi connectivity index (χ3v) is 1.87. The van der Waals surface area contributed by atoms with Gasteiger partial charge in [0.2, 0.25) is 0 Å². The molecule has 10 nitrogen and oxygen atoms in total. The standard InChI is InChI=1S/C6H14N2.2HNO3/c7-5-3-1-2-4-6(5)8;2*2-1(3)4/h5-6H,1-4,7-8H2;2*(H,2,3,4)/t5-,6-;;/m1../s1. The molecule has 6 N–H and O–H groups in total. The lowest BCUT2D eigenvalue weighted by Crippen LogP contribution is -2.43. The van der Waals surface area contributed by atoms with E-state index in [4.69, 9.17) is 42.1 Å². The van der Waals surface area contributed by atoms with Crippen LogP contribution in [0.25, 0.3) is 0 Å². The molecule has 1 aliphatic carbocycles. The molecule has 2 atom stereocenters. The zero-order valence-electron chi connectivity index (χ0n) is 8.56. The van der Waals surface area contributed by atoms with Gasteiger partial charge in [-0.3, -0.25) is 0 Å². The molecule has 0 radical (unpaired) electrons. The highest BCUT2D eigenvalue weighted by Crippen LogP contribution is 2.14. The van der Waals surface area contributed by atoms with Gasteiger partial charge >= 0.3 is 0 Å². The molecule has 0 bridgehead atoms. The number of rotatable bonds is 0. The highest BCUT2D eigenvalue weighted by Gasteiger charge is 2.16. The first-order valence-electron chi connectivity index (χ1n) is 4.45. The first-order chi connectivity index (χ1) is 7.27. The monoisotopic (exact) mass is 240 g/mol. The topological polar surface area (TPSA) is 179 Å². The van der Waals surface area contributed by atoms with Gasteiger partial charge in [0.25, 0.3) is 10.2 Å². The van der Waals surface area contributed by atoms with E-state index in [2.05, 4.69) is 0 Å². The molecular formula is C6H16N4O6. The molecule has 96 valence electrons. The van der Waals surface area contributed by atoms with Gasteiger partial charge in [-0.25, -0.2) is 0 Å². The summed E-state index contributed by atoms with van der Waals surface area (Å²) in [6.45, 7) is 0. The quantitative estimate of drug-likeness (QED) is 0.323. The van der Waals surface area contributed by atoms with E-state index in [1.54, 1.807) is 0 Å². The summed E-state index contributed by atoms with van der Waals surface area (Å²) >= 11 is 0. The van der Waals surface area contributed by atoms with Crippen molar-refractivity contribution >= 4 is 0 Å². The summed E-state index contributed by atoms with van der Waals surface area (Å²) < 4.78 is 0. The number of hydrogen-bond donors (Lipinski definition) is 4. The van der Waals surface area contributed by atoms with Crippen LogP contribution in [0.5, 0.6) is 0 Å². The molecule has 10 heteroatoms. The van der Waals surface area contributed by atoms with Crippen molar-refractivity contribution in [3.63, 3.8) is 0 Å². The van der Waals surface area contributed by atoms with Crippen LogP contribution in [-0.2, 0) is 0 Å². The Bertz CT molecular complexity index is 183. The van der Waals surface area contributed by atoms with Crippen LogP contribution in [-0.4, -0.2) is 32.7 Å². The lowest BCUT2D eigenvalue weighted by atomic mass is 9.92. The molecule has 0 amide bonds. The maximum absolute atomic E-state index is 8.36. The van der Waals surface area contributed by atoms with Crippen LogP contribution in [0.4, 0.5) is 0 Å². The Balaban J connectivity index is 0. The van der Waals surface area contributed by atoms with E-state index < -0.39 is 10.2 Å². The van der Waals surface area contributed by atoms with Crippen molar-refractivity contribution in [2.24, 2.45) is 11.5 Å². The van der Waals surface area contributed by atoms with E-state index >= 15 is 0 Å². The molecule has 0 aromatic carbocycles. The highest BCUT2D eigenvalue weighted by atomic mass is 16.9. The molecular weight excluding hydrogens is 224 g/mol. The summed E-state index contributed by atoms with van der Waals surface area (Å²) in [5, 5.41) is 27.3. The molecule has 16 heavy (non-hydrogen) atoms. The third-order valence-electron chi connectivity index (χ3n) is 1.87. The number of hydrogen-bond acceptors (Lipinski definition) is 6. The Kier molecular flexibility index (Phi) is 10.3. The molecule has 1 saturated carbocycles. The number of nitrogens with two attached hydrogens (primary N) is 2. The minimum Gasteiger partial charge on any atom is -0.328 e. The Morgan fingerprint density at radius 2 is 1.12 bits per heavy atom. The first kappa shape index (κ1) is 16.7. The van der Waals surface area contributed by atoms with Gasteiger partial charge in [-0.15, -0.1) is 20.2 Å².